The first-order valence-electron chi connectivity index (χ1n) is 9.60. The molecule has 0 aromatic heterocycles. The van der Waals surface area contributed by atoms with Gasteiger partial charge in [0.15, 0.2) is 0 Å². The van der Waals surface area contributed by atoms with Crippen LogP contribution in [-0.2, 0) is 11.4 Å². The van der Waals surface area contributed by atoms with Gasteiger partial charge in [0.1, 0.15) is 12.4 Å². The first-order chi connectivity index (χ1) is 14.3. The van der Waals surface area contributed by atoms with Gasteiger partial charge in [0.2, 0.25) is 0 Å². The van der Waals surface area contributed by atoms with Crippen LogP contribution in [0, 0.1) is 0 Å². The van der Waals surface area contributed by atoms with Crippen molar-refractivity contribution in [1.82, 2.24) is 0 Å². The molecule has 3 heteroatoms. The van der Waals surface area contributed by atoms with Gasteiger partial charge in [-0.3, -0.25) is 4.79 Å². The van der Waals surface area contributed by atoms with E-state index in [0.29, 0.717) is 12.2 Å². The quantitative estimate of drug-likeness (QED) is 0.449. The highest BCUT2D eigenvalue weighted by Crippen LogP contribution is 2.32. The van der Waals surface area contributed by atoms with Gasteiger partial charge in [0.25, 0.3) is 5.91 Å². The molecule has 1 amide bonds. The van der Waals surface area contributed by atoms with Crippen LogP contribution >= 0.6 is 0 Å². The lowest BCUT2D eigenvalue weighted by Gasteiger charge is -2.09. The third-order valence-corrected chi connectivity index (χ3v) is 5.18. The molecule has 1 N–H and O–H groups in total. The maximum Gasteiger partial charge on any atom is 0.256 e. The zero-order chi connectivity index (χ0) is 19.6. The lowest BCUT2D eigenvalue weighted by Crippen LogP contribution is -2.03. The minimum atomic E-state index is -0.0671. The molecule has 0 saturated heterocycles. The van der Waals surface area contributed by atoms with E-state index in [1.54, 1.807) is 0 Å². The zero-order valence-electron chi connectivity index (χ0n) is 15.8. The van der Waals surface area contributed by atoms with Crippen molar-refractivity contribution in [1.29, 1.82) is 0 Å². The van der Waals surface area contributed by atoms with Crippen molar-refractivity contribution in [3.8, 4) is 5.75 Å². The highest BCUT2D eigenvalue weighted by Gasteiger charge is 2.23. The Morgan fingerprint density at radius 2 is 1.55 bits per heavy atom. The van der Waals surface area contributed by atoms with Crippen LogP contribution in [0.1, 0.15) is 16.7 Å². The van der Waals surface area contributed by atoms with Crippen molar-refractivity contribution < 1.29 is 9.53 Å². The van der Waals surface area contributed by atoms with Gasteiger partial charge in [-0.15, -0.1) is 0 Å². The summed E-state index contributed by atoms with van der Waals surface area (Å²) in [6, 6.07) is 30.1. The fraction of sp³-hybridized carbons (Fsp3) is 0.0385. The summed E-state index contributed by atoms with van der Waals surface area (Å²) < 4.78 is 6.00. The van der Waals surface area contributed by atoms with Crippen LogP contribution in [0.25, 0.3) is 22.4 Å². The average molecular weight is 377 g/mol. The van der Waals surface area contributed by atoms with Crippen LogP contribution < -0.4 is 10.1 Å². The second-order valence-corrected chi connectivity index (χ2v) is 7.05. The van der Waals surface area contributed by atoms with Crippen molar-refractivity contribution in [2.24, 2.45) is 0 Å². The average Bonchev–Trinajstić information content (AvgIpc) is 3.08. The minimum Gasteiger partial charge on any atom is -0.489 e. The standard InChI is InChI=1S/C26H19NO2/c28-26-24(23-10-3-4-11-25(23)27-26)16-18-12-14-21(15-13-18)29-17-20-8-5-7-19-6-1-2-9-22(19)20/h1-16H,17H2,(H,27,28). The van der Waals surface area contributed by atoms with Crippen molar-refractivity contribution in [2.75, 3.05) is 5.32 Å². The molecule has 0 unspecified atom stereocenters. The molecular weight excluding hydrogens is 358 g/mol. The van der Waals surface area contributed by atoms with Gasteiger partial charge in [-0.25, -0.2) is 0 Å². The SMILES string of the molecule is O=C1Nc2ccccc2C1=Cc1ccc(OCc2cccc3ccccc23)cc1. The molecule has 1 aliphatic heterocycles. The van der Waals surface area contributed by atoms with Crippen molar-refractivity contribution in [3.63, 3.8) is 0 Å². The molecule has 0 spiro atoms. The Kier molecular flexibility index (Phi) is 4.34. The molecule has 0 fully saturated rings. The topological polar surface area (TPSA) is 38.3 Å². The van der Waals surface area contributed by atoms with Crippen LogP contribution in [0.4, 0.5) is 5.69 Å². The van der Waals surface area contributed by atoms with Crippen molar-refractivity contribution >= 4 is 34.0 Å². The van der Waals surface area contributed by atoms with Gasteiger partial charge in [-0.2, -0.15) is 0 Å². The second-order valence-electron chi connectivity index (χ2n) is 7.05. The highest BCUT2D eigenvalue weighted by molar-refractivity contribution is 6.34. The van der Waals surface area contributed by atoms with Gasteiger partial charge < -0.3 is 10.1 Å². The van der Waals surface area contributed by atoms with E-state index >= 15 is 0 Å². The predicted molar refractivity (Wildman–Crippen MR) is 118 cm³/mol. The molecule has 1 heterocycles. The van der Waals surface area contributed by atoms with Crippen LogP contribution in [0.15, 0.2) is 91.0 Å². The third-order valence-electron chi connectivity index (χ3n) is 5.18. The summed E-state index contributed by atoms with van der Waals surface area (Å²) in [5.74, 6) is 0.735. The number of carbonyl (C=O) groups excluding carboxylic acids is 1. The van der Waals surface area contributed by atoms with Gasteiger partial charge in [0.05, 0.1) is 0 Å². The number of ether oxygens (including phenoxy) is 1. The molecule has 0 aliphatic carbocycles. The molecular formula is C26H19NO2. The number of para-hydroxylation sites is 1. The second kappa shape index (κ2) is 7.28. The number of anilines is 1. The number of carbonyl (C=O) groups is 1. The van der Waals surface area contributed by atoms with E-state index < -0.39 is 0 Å². The summed E-state index contributed by atoms with van der Waals surface area (Å²) in [6.07, 6.45) is 1.91. The molecule has 29 heavy (non-hydrogen) atoms. The number of benzene rings is 4. The summed E-state index contributed by atoms with van der Waals surface area (Å²) >= 11 is 0. The largest absolute Gasteiger partial charge is 0.489 e. The number of hydrogen-bond acceptors (Lipinski definition) is 2. The van der Waals surface area contributed by atoms with E-state index in [-0.39, 0.29) is 5.91 Å². The molecule has 0 saturated carbocycles. The van der Waals surface area contributed by atoms with Crippen molar-refractivity contribution in [3.05, 3.63) is 108 Å². The molecule has 3 nitrogen and oxygen atoms in total. The Labute approximate surface area is 169 Å². The Hall–Kier alpha value is -3.85. The molecule has 5 rings (SSSR count). The Morgan fingerprint density at radius 3 is 2.45 bits per heavy atom. The molecule has 0 atom stereocenters. The smallest absolute Gasteiger partial charge is 0.256 e. The fourth-order valence-electron chi connectivity index (χ4n) is 3.69. The van der Waals surface area contributed by atoms with Crippen molar-refractivity contribution in [2.45, 2.75) is 6.61 Å². The number of nitrogens with one attached hydrogen (secondary N) is 1. The minimum absolute atomic E-state index is 0.0671. The van der Waals surface area contributed by atoms with Crippen LogP contribution in [0.5, 0.6) is 5.75 Å². The summed E-state index contributed by atoms with van der Waals surface area (Å²) in [7, 11) is 0. The van der Waals surface area contributed by atoms with Gasteiger partial charge >= 0.3 is 0 Å². The lowest BCUT2D eigenvalue weighted by atomic mass is 10.0. The van der Waals surface area contributed by atoms with E-state index in [2.05, 4.69) is 35.6 Å². The molecule has 0 radical (unpaired) electrons. The first kappa shape index (κ1) is 17.3. The van der Waals surface area contributed by atoms with Gasteiger partial charge in [-0.1, -0.05) is 72.8 Å². The summed E-state index contributed by atoms with van der Waals surface area (Å²) in [5.41, 5.74) is 4.61. The number of fused-ring (bicyclic) bond motifs is 2. The molecule has 4 aromatic carbocycles. The van der Waals surface area contributed by atoms with Crippen LogP contribution in [0.2, 0.25) is 0 Å². The maximum atomic E-state index is 12.3. The Morgan fingerprint density at radius 1 is 0.793 bits per heavy atom. The lowest BCUT2D eigenvalue weighted by molar-refractivity contribution is -0.110. The Balaban J connectivity index is 1.34. The third kappa shape index (κ3) is 3.39. The fourth-order valence-corrected chi connectivity index (χ4v) is 3.69. The number of amides is 1. The van der Waals surface area contributed by atoms with Gasteiger partial charge in [-0.05, 0) is 46.2 Å². The van der Waals surface area contributed by atoms with Crippen LogP contribution in [-0.4, -0.2) is 5.91 Å². The number of hydrogen-bond donors (Lipinski definition) is 1. The van der Waals surface area contributed by atoms with E-state index in [9.17, 15) is 4.79 Å². The van der Waals surface area contributed by atoms with Crippen LogP contribution in [0.3, 0.4) is 0 Å². The van der Waals surface area contributed by atoms with E-state index in [0.717, 1.165) is 28.1 Å². The first-order valence-corrected chi connectivity index (χ1v) is 9.60. The molecule has 0 bridgehead atoms. The number of rotatable bonds is 4. The zero-order valence-corrected chi connectivity index (χ0v) is 15.8. The summed E-state index contributed by atoms with van der Waals surface area (Å²) in [5, 5.41) is 5.32. The van der Waals surface area contributed by atoms with E-state index in [1.807, 2.05) is 66.7 Å². The monoisotopic (exact) mass is 377 g/mol. The van der Waals surface area contributed by atoms with Gasteiger partial charge in [0, 0.05) is 16.8 Å². The molecule has 4 aromatic rings. The predicted octanol–water partition coefficient (Wildman–Crippen LogP) is 5.91. The van der Waals surface area contributed by atoms with E-state index in [1.165, 1.54) is 10.8 Å². The summed E-state index contributed by atoms with van der Waals surface area (Å²) in [6.45, 7) is 0.511. The Bertz CT molecular complexity index is 1230. The molecule has 1 aliphatic rings. The summed E-state index contributed by atoms with van der Waals surface area (Å²) in [4.78, 5) is 12.3. The van der Waals surface area contributed by atoms with E-state index in [4.69, 9.17) is 4.74 Å². The normalized spacial score (nSPS) is 14.1. The maximum absolute atomic E-state index is 12.3. The molecule has 140 valence electrons. The highest BCUT2D eigenvalue weighted by atomic mass is 16.5.